The second-order valence-corrected chi connectivity index (χ2v) is 3.68. The van der Waals surface area contributed by atoms with Gasteiger partial charge in [0.2, 0.25) is 0 Å². The molecule has 3 heteroatoms. The number of aromatic nitrogens is 2. The zero-order valence-electron chi connectivity index (χ0n) is 9.26. The van der Waals surface area contributed by atoms with E-state index in [0.717, 1.165) is 12.1 Å². The summed E-state index contributed by atoms with van der Waals surface area (Å²) in [6, 6.07) is 9.77. The molecule has 3 nitrogen and oxygen atoms in total. The molecule has 0 N–H and O–H groups in total. The van der Waals surface area contributed by atoms with Crippen LogP contribution < -0.4 is 0 Å². The van der Waals surface area contributed by atoms with Gasteiger partial charge in [-0.05, 0) is 18.6 Å². The zero-order valence-corrected chi connectivity index (χ0v) is 9.26. The molecule has 1 aromatic carbocycles. The van der Waals surface area contributed by atoms with E-state index in [1.807, 2.05) is 37.3 Å². The van der Waals surface area contributed by atoms with Gasteiger partial charge in [-0.15, -0.1) is 0 Å². The molecule has 0 spiro atoms. The molecule has 16 heavy (non-hydrogen) atoms. The molecule has 0 saturated heterocycles. The summed E-state index contributed by atoms with van der Waals surface area (Å²) >= 11 is 0. The number of para-hydroxylation sites is 1. The molecule has 0 atom stereocenters. The molecule has 0 saturated carbocycles. The maximum atomic E-state index is 11.6. The van der Waals surface area contributed by atoms with Gasteiger partial charge in [0.1, 0.15) is 0 Å². The van der Waals surface area contributed by atoms with E-state index in [4.69, 9.17) is 0 Å². The number of rotatable bonds is 4. The smallest absolute Gasteiger partial charge is 0.166 e. The molecule has 0 unspecified atom stereocenters. The summed E-state index contributed by atoms with van der Waals surface area (Å²) in [7, 11) is 0. The zero-order chi connectivity index (χ0) is 11.4. The van der Waals surface area contributed by atoms with Gasteiger partial charge < -0.3 is 0 Å². The minimum atomic E-state index is 0.157. The first-order valence-corrected chi connectivity index (χ1v) is 5.44. The number of nitrogens with zero attached hydrogens (tertiary/aromatic N) is 2. The lowest BCUT2D eigenvalue weighted by Gasteiger charge is -1.98. The Hall–Kier alpha value is -1.90. The Labute approximate surface area is 94.7 Å². The van der Waals surface area contributed by atoms with Gasteiger partial charge in [-0.3, -0.25) is 4.79 Å². The molecule has 0 amide bonds. The third-order valence-corrected chi connectivity index (χ3v) is 2.40. The Balaban J connectivity index is 2.23. The topological polar surface area (TPSA) is 34.9 Å². The van der Waals surface area contributed by atoms with Gasteiger partial charge in [0, 0.05) is 12.6 Å². The minimum Gasteiger partial charge on any atom is -0.294 e. The highest BCUT2D eigenvalue weighted by Crippen LogP contribution is 2.09. The van der Waals surface area contributed by atoms with E-state index in [1.54, 1.807) is 17.1 Å². The van der Waals surface area contributed by atoms with Gasteiger partial charge in [-0.1, -0.05) is 25.1 Å². The lowest BCUT2D eigenvalue weighted by Crippen LogP contribution is -1.96. The highest BCUT2D eigenvalue weighted by molar-refractivity contribution is 5.95. The van der Waals surface area contributed by atoms with Gasteiger partial charge in [0.25, 0.3) is 0 Å². The largest absolute Gasteiger partial charge is 0.294 e. The number of benzene rings is 1. The molecule has 0 aliphatic heterocycles. The summed E-state index contributed by atoms with van der Waals surface area (Å²) in [5, 5.41) is 4.19. The van der Waals surface area contributed by atoms with Crippen molar-refractivity contribution in [3.8, 4) is 5.69 Å². The van der Waals surface area contributed by atoms with Crippen LogP contribution >= 0.6 is 0 Å². The number of carbonyl (C=O) groups is 1. The van der Waals surface area contributed by atoms with Crippen LogP contribution in [0.1, 0.15) is 30.1 Å². The predicted octanol–water partition coefficient (Wildman–Crippen LogP) is 2.86. The summed E-state index contributed by atoms with van der Waals surface area (Å²) in [6.45, 7) is 2.00. The predicted molar refractivity (Wildman–Crippen MR) is 62.8 cm³/mol. The molecule has 82 valence electrons. The van der Waals surface area contributed by atoms with Crippen molar-refractivity contribution in [2.24, 2.45) is 0 Å². The quantitative estimate of drug-likeness (QED) is 0.733. The van der Waals surface area contributed by atoms with Crippen molar-refractivity contribution in [2.45, 2.75) is 19.8 Å². The monoisotopic (exact) mass is 214 g/mol. The maximum Gasteiger partial charge on any atom is 0.166 e. The van der Waals surface area contributed by atoms with E-state index >= 15 is 0 Å². The Morgan fingerprint density at radius 2 is 2.06 bits per heavy atom. The Morgan fingerprint density at radius 1 is 1.31 bits per heavy atom. The van der Waals surface area contributed by atoms with Crippen molar-refractivity contribution >= 4 is 5.78 Å². The molecule has 2 aromatic rings. The fraction of sp³-hybridized carbons (Fsp3) is 0.231. The van der Waals surface area contributed by atoms with Crippen LogP contribution in [0, 0.1) is 0 Å². The Kier molecular flexibility index (Phi) is 3.15. The summed E-state index contributed by atoms with van der Waals surface area (Å²) in [6.07, 6.45) is 4.87. The third kappa shape index (κ3) is 2.19. The fourth-order valence-corrected chi connectivity index (χ4v) is 1.56. The number of carbonyl (C=O) groups excluding carboxylic acids is 1. The standard InChI is InChI=1S/C13H14N2O/c1-2-6-13(16)11-9-14-15(10-11)12-7-4-3-5-8-12/h3-5,7-10H,2,6H2,1H3. The summed E-state index contributed by atoms with van der Waals surface area (Å²) in [5.74, 6) is 0.157. The number of hydrogen-bond donors (Lipinski definition) is 0. The van der Waals surface area contributed by atoms with Gasteiger partial charge >= 0.3 is 0 Å². The van der Waals surface area contributed by atoms with Crippen molar-refractivity contribution in [3.05, 3.63) is 48.3 Å². The van der Waals surface area contributed by atoms with Gasteiger partial charge in [0.15, 0.2) is 5.78 Å². The second-order valence-electron chi connectivity index (χ2n) is 3.68. The highest BCUT2D eigenvalue weighted by Gasteiger charge is 2.07. The average Bonchev–Trinajstić information content (AvgIpc) is 2.80. The first-order valence-electron chi connectivity index (χ1n) is 5.44. The second kappa shape index (κ2) is 4.75. The van der Waals surface area contributed by atoms with Gasteiger partial charge in [0.05, 0.1) is 17.4 Å². The lowest BCUT2D eigenvalue weighted by molar-refractivity contribution is 0.0982. The molecule has 1 aromatic heterocycles. The molecule has 0 aliphatic carbocycles. The minimum absolute atomic E-state index is 0.157. The molecule has 0 fully saturated rings. The molecular formula is C13H14N2O. The Bertz CT molecular complexity index is 474. The van der Waals surface area contributed by atoms with Crippen LogP contribution in [0.2, 0.25) is 0 Å². The first kappa shape index (κ1) is 10.6. The van der Waals surface area contributed by atoms with E-state index in [0.29, 0.717) is 12.0 Å². The number of ketones is 1. The van der Waals surface area contributed by atoms with Gasteiger partial charge in [-0.25, -0.2) is 4.68 Å². The summed E-state index contributed by atoms with van der Waals surface area (Å²) < 4.78 is 1.73. The van der Waals surface area contributed by atoms with E-state index in [2.05, 4.69) is 5.10 Å². The molecular weight excluding hydrogens is 200 g/mol. The normalized spacial score (nSPS) is 10.3. The van der Waals surface area contributed by atoms with E-state index in [-0.39, 0.29) is 5.78 Å². The molecule has 0 bridgehead atoms. The van der Waals surface area contributed by atoms with Crippen LogP contribution in [-0.4, -0.2) is 15.6 Å². The van der Waals surface area contributed by atoms with Crippen molar-refractivity contribution in [1.82, 2.24) is 9.78 Å². The molecule has 0 radical (unpaired) electrons. The first-order chi connectivity index (χ1) is 7.81. The summed E-state index contributed by atoms with van der Waals surface area (Å²) in [5.41, 5.74) is 1.66. The van der Waals surface area contributed by atoms with Gasteiger partial charge in [-0.2, -0.15) is 5.10 Å². The fourth-order valence-electron chi connectivity index (χ4n) is 1.56. The van der Waals surface area contributed by atoms with Crippen LogP contribution in [0.25, 0.3) is 5.69 Å². The SMILES string of the molecule is CCCC(=O)c1cnn(-c2ccccc2)c1. The van der Waals surface area contributed by atoms with Crippen LogP contribution in [-0.2, 0) is 0 Å². The number of Topliss-reactive ketones (excluding diaryl/α,β-unsaturated/α-hetero) is 1. The third-order valence-electron chi connectivity index (χ3n) is 2.40. The van der Waals surface area contributed by atoms with Crippen LogP contribution in [0.15, 0.2) is 42.7 Å². The maximum absolute atomic E-state index is 11.6. The molecule has 0 aliphatic rings. The van der Waals surface area contributed by atoms with Crippen molar-refractivity contribution < 1.29 is 4.79 Å². The average molecular weight is 214 g/mol. The van der Waals surface area contributed by atoms with Crippen LogP contribution in [0.4, 0.5) is 0 Å². The van der Waals surface area contributed by atoms with Crippen molar-refractivity contribution in [3.63, 3.8) is 0 Å². The van der Waals surface area contributed by atoms with Crippen molar-refractivity contribution in [1.29, 1.82) is 0 Å². The van der Waals surface area contributed by atoms with Crippen LogP contribution in [0.5, 0.6) is 0 Å². The lowest BCUT2D eigenvalue weighted by atomic mass is 10.1. The van der Waals surface area contributed by atoms with E-state index < -0.39 is 0 Å². The van der Waals surface area contributed by atoms with Crippen LogP contribution in [0.3, 0.4) is 0 Å². The Morgan fingerprint density at radius 3 is 2.75 bits per heavy atom. The van der Waals surface area contributed by atoms with Crippen molar-refractivity contribution in [2.75, 3.05) is 0 Å². The number of hydrogen-bond acceptors (Lipinski definition) is 2. The molecule has 2 rings (SSSR count). The highest BCUT2D eigenvalue weighted by atomic mass is 16.1. The summed E-state index contributed by atoms with van der Waals surface area (Å²) in [4.78, 5) is 11.6. The van der Waals surface area contributed by atoms with E-state index in [9.17, 15) is 4.79 Å². The molecule has 1 heterocycles. The van der Waals surface area contributed by atoms with E-state index in [1.165, 1.54) is 0 Å².